The summed E-state index contributed by atoms with van der Waals surface area (Å²) < 4.78 is 0. The lowest BCUT2D eigenvalue weighted by Gasteiger charge is -2.05. The van der Waals surface area contributed by atoms with Gasteiger partial charge in [0, 0.05) is 30.6 Å². The molecule has 3 N–H and O–H groups in total. The van der Waals surface area contributed by atoms with Gasteiger partial charge in [-0.1, -0.05) is 30.3 Å². The standard InChI is InChI=1S/C15H20N4S/c1-12-11-19-14(20-12)8-10-18-15(16)17-9-7-13-5-3-2-4-6-13/h2-6,11H,7-10H2,1H3,(H3,16,17,18). The molecule has 0 saturated heterocycles. The van der Waals surface area contributed by atoms with Crippen LogP contribution >= 0.6 is 11.3 Å². The van der Waals surface area contributed by atoms with Crippen LogP contribution in [-0.4, -0.2) is 24.0 Å². The van der Waals surface area contributed by atoms with Gasteiger partial charge in [0.1, 0.15) is 0 Å². The molecule has 0 amide bonds. The van der Waals surface area contributed by atoms with Crippen LogP contribution in [0.25, 0.3) is 0 Å². The van der Waals surface area contributed by atoms with Crippen LogP contribution in [0, 0.1) is 6.92 Å². The topological polar surface area (TPSA) is 63.3 Å². The Bertz CT molecular complexity index is 548. The molecule has 0 aliphatic rings. The molecule has 1 aromatic carbocycles. The first-order valence-electron chi connectivity index (χ1n) is 6.73. The van der Waals surface area contributed by atoms with Crippen molar-refractivity contribution in [2.45, 2.75) is 19.8 Å². The molecule has 4 nitrogen and oxygen atoms in total. The molecule has 0 fully saturated rings. The van der Waals surface area contributed by atoms with E-state index in [1.807, 2.05) is 24.4 Å². The number of hydrogen-bond donors (Lipinski definition) is 2. The predicted molar refractivity (Wildman–Crippen MR) is 85.2 cm³/mol. The number of benzene rings is 1. The molecule has 2 rings (SSSR count). The van der Waals surface area contributed by atoms with E-state index in [0.717, 1.165) is 24.4 Å². The molecule has 0 atom stereocenters. The molecule has 20 heavy (non-hydrogen) atoms. The van der Waals surface area contributed by atoms with Crippen LogP contribution < -0.4 is 11.1 Å². The van der Waals surface area contributed by atoms with Gasteiger partial charge < -0.3 is 11.1 Å². The molecule has 2 aromatic rings. The van der Waals surface area contributed by atoms with Crippen LogP contribution in [0.2, 0.25) is 0 Å². The van der Waals surface area contributed by atoms with Gasteiger partial charge in [0.2, 0.25) is 0 Å². The number of hydrogen-bond acceptors (Lipinski definition) is 3. The van der Waals surface area contributed by atoms with Crippen LogP contribution in [0.4, 0.5) is 0 Å². The minimum Gasteiger partial charge on any atom is -0.370 e. The zero-order valence-electron chi connectivity index (χ0n) is 11.7. The van der Waals surface area contributed by atoms with Crippen molar-refractivity contribution in [2.24, 2.45) is 10.7 Å². The van der Waals surface area contributed by atoms with Crippen molar-refractivity contribution in [2.75, 3.05) is 13.1 Å². The number of nitrogens with one attached hydrogen (secondary N) is 1. The molecule has 0 radical (unpaired) electrons. The van der Waals surface area contributed by atoms with Gasteiger partial charge >= 0.3 is 0 Å². The smallest absolute Gasteiger partial charge is 0.188 e. The number of rotatable bonds is 6. The summed E-state index contributed by atoms with van der Waals surface area (Å²) >= 11 is 1.71. The van der Waals surface area contributed by atoms with Crippen molar-refractivity contribution in [1.29, 1.82) is 0 Å². The van der Waals surface area contributed by atoms with E-state index in [1.165, 1.54) is 10.4 Å². The number of nitrogens with two attached hydrogens (primary N) is 1. The van der Waals surface area contributed by atoms with Gasteiger partial charge in [0.25, 0.3) is 0 Å². The summed E-state index contributed by atoms with van der Waals surface area (Å²) in [5, 5.41) is 4.25. The maximum atomic E-state index is 5.83. The second-order valence-corrected chi connectivity index (χ2v) is 5.86. The fourth-order valence-electron chi connectivity index (χ4n) is 1.82. The van der Waals surface area contributed by atoms with Gasteiger partial charge in [0.15, 0.2) is 5.96 Å². The second-order valence-electron chi connectivity index (χ2n) is 4.54. The molecule has 106 valence electrons. The van der Waals surface area contributed by atoms with Crippen molar-refractivity contribution in [3.63, 3.8) is 0 Å². The maximum absolute atomic E-state index is 5.83. The van der Waals surface area contributed by atoms with Crippen LogP contribution in [0.1, 0.15) is 15.4 Å². The van der Waals surface area contributed by atoms with Crippen LogP contribution in [0.3, 0.4) is 0 Å². The van der Waals surface area contributed by atoms with Crippen LogP contribution in [0.5, 0.6) is 0 Å². The zero-order valence-corrected chi connectivity index (χ0v) is 12.5. The first-order chi connectivity index (χ1) is 9.74. The van der Waals surface area contributed by atoms with E-state index in [4.69, 9.17) is 5.73 Å². The molecule has 0 aliphatic heterocycles. The average Bonchev–Trinajstić information content (AvgIpc) is 2.86. The fraction of sp³-hybridized carbons (Fsp3) is 0.333. The Morgan fingerprint density at radius 3 is 2.80 bits per heavy atom. The molecule has 0 unspecified atom stereocenters. The molecule has 1 heterocycles. The van der Waals surface area contributed by atoms with E-state index >= 15 is 0 Å². The molecule has 0 spiro atoms. The van der Waals surface area contributed by atoms with Crippen molar-refractivity contribution in [3.8, 4) is 0 Å². The molecule has 1 aromatic heterocycles. The van der Waals surface area contributed by atoms with E-state index < -0.39 is 0 Å². The van der Waals surface area contributed by atoms with E-state index in [0.29, 0.717) is 12.5 Å². The number of aryl methyl sites for hydroxylation is 1. The van der Waals surface area contributed by atoms with Crippen LogP contribution in [-0.2, 0) is 12.8 Å². The Balaban J connectivity index is 1.66. The van der Waals surface area contributed by atoms with Crippen molar-refractivity contribution in [3.05, 3.63) is 52.0 Å². The van der Waals surface area contributed by atoms with E-state index in [9.17, 15) is 0 Å². The third-order valence-corrected chi connectivity index (χ3v) is 3.81. The highest BCUT2D eigenvalue weighted by Crippen LogP contribution is 2.11. The summed E-state index contributed by atoms with van der Waals surface area (Å²) in [5.74, 6) is 0.509. The number of aromatic nitrogens is 1. The lowest BCUT2D eigenvalue weighted by atomic mass is 10.1. The second kappa shape index (κ2) is 7.65. The highest BCUT2D eigenvalue weighted by molar-refractivity contribution is 7.11. The number of aliphatic imine (C=N–C) groups is 1. The SMILES string of the molecule is Cc1cnc(CCN=C(N)NCCc2ccccc2)s1. The monoisotopic (exact) mass is 288 g/mol. The highest BCUT2D eigenvalue weighted by atomic mass is 32.1. The quantitative estimate of drug-likeness (QED) is 0.632. The largest absolute Gasteiger partial charge is 0.370 e. The van der Waals surface area contributed by atoms with E-state index in [-0.39, 0.29) is 0 Å². The molecular weight excluding hydrogens is 268 g/mol. The third-order valence-electron chi connectivity index (χ3n) is 2.84. The highest BCUT2D eigenvalue weighted by Gasteiger charge is 1.98. The number of nitrogens with zero attached hydrogens (tertiary/aromatic N) is 2. The molecular formula is C15H20N4S. The molecule has 0 bridgehead atoms. The number of guanidine groups is 1. The summed E-state index contributed by atoms with van der Waals surface area (Å²) in [5.41, 5.74) is 7.13. The van der Waals surface area contributed by atoms with Gasteiger partial charge in [-0.15, -0.1) is 11.3 Å². The lowest BCUT2D eigenvalue weighted by molar-refractivity contribution is 0.843. The van der Waals surface area contributed by atoms with Gasteiger partial charge in [-0.05, 0) is 18.9 Å². The normalized spacial score (nSPS) is 11.6. The lowest BCUT2D eigenvalue weighted by Crippen LogP contribution is -2.33. The van der Waals surface area contributed by atoms with Crippen LogP contribution in [0.15, 0.2) is 41.5 Å². The zero-order chi connectivity index (χ0) is 14.2. The molecule has 0 saturated carbocycles. The first kappa shape index (κ1) is 14.5. The molecule has 0 aliphatic carbocycles. The summed E-state index contributed by atoms with van der Waals surface area (Å²) in [7, 11) is 0. The third kappa shape index (κ3) is 5.01. The van der Waals surface area contributed by atoms with Gasteiger partial charge in [-0.3, -0.25) is 4.99 Å². The summed E-state index contributed by atoms with van der Waals surface area (Å²) in [4.78, 5) is 9.85. The maximum Gasteiger partial charge on any atom is 0.188 e. The van der Waals surface area contributed by atoms with Gasteiger partial charge in [0.05, 0.1) is 5.01 Å². The Morgan fingerprint density at radius 1 is 1.30 bits per heavy atom. The Hall–Kier alpha value is -1.88. The minimum atomic E-state index is 0.509. The van der Waals surface area contributed by atoms with Gasteiger partial charge in [-0.2, -0.15) is 0 Å². The van der Waals surface area contributed by atoms with E-state index in [2.05, 4.69) is 34.3 Å². The van der Waals surface area contributed by atoms with Crippen molar-refractivity contribution >= 4 is 17.3 Å². The summed E-state index contributed by atoms with van der Waals surface area (Å²) in [6.45, 7) is 3.54. The average molecular weight is 288 g/mol. The van der Waals surface area contributed by atoms with Crippen molar-refractivity contribution in [1.82, 2.24) is 10.3 Å². The Labute approximate surface area is 123 Å². The Kier molecular flexibility index (Phi) is 5.55. The minimum absolute atomic E-state index is 0.509. The molecule has 5 heteroatoms. The summed E-state index contributed by atoms with van der Waals surface area (Å²) in [6.07, 6.45) is 3.69. The van der Waals surface area contributed by atoms with Gasteiger partial charge in [-0.25, -0.2) is 4.98 Å². The first-order valence-corrected chi connectivity index (χ1v) is 7.55. The Morgan fingerprint density at radius 2 is 2.10 bits per heavy atom. The summed E-state index contributed by atoms with van der Waals surface area (Å²) in [6, 6.07) is 10.3. The predicted octanol–water partition coefficient (Wildman–Crippen LogP) is 2.14. The van der Waals surface area contributed by atoms with Crippen molar-refractivity contribution < 1.29 is 0 Å². The van der Waals surface area contributed by atoms with E-state index in [1.54, 1.807) is 11.3 Å². The number of thiazole rings is 1. The fourth-order valence-corrected chi connectivity index (χ4v) is 2.60.